The van der Waals surface area contributed by atoms with Gasteiger partial charge < -0.3 is 4.57 Å². The molecule has 2 heterocycles. The summed E-state index contributed by atoms with van der Waals surface area (Å²) in [7, 11) is 0. The molecule has 3 nitrogen and oxygen atoms in total. The Kier molecular flexibility index (Phi) is 5.26. The highest BCUT2D eigenvalue weighted by atomic mass is 32.2. The summed E-state index contributed by atoms with van der Waals surface area (Å²) >= 11 is 1.69. The van der Waals surface area contributed by atoms with Gasteiger partial charge in [-0.3, -0.25) is 0 Å². The molecule has 0 amide bonds. The molecule has 2 aromatic heterocycles. The van der Waals surface area contributed by atoms with Crippen LogP contribution in [0.15, 0.2) is 96.4 Å². The van der Waals surface area contributed by atoms with Crippen molar-refractivity contribution in [1.82, 2.24) is 14.5 Å². The molecule has 0 N–H and O–H groups in total. The largest absolute Gasteiger partial charge is 0.300 e. The number of aryl methyl sites for hydroxylation is 1. The van der Waals surface area contributed by atoms with Gasteiger partial charge in [-0.25, -0.2) is 14.4 Å². The summed E-state index contributed by atoms with van der Waals surface area (Å²) in [6.45, 7) is 2.09. The summed E-state index contributed by atoms with van der Waals surface area (Å²) in [5.74, 6) is 0.537. The third kappa shape index (κ3) is 3.97. The minimum atomic E-state index is -0.274. The topological polar surface area (TPSA) is 30.7 Å². The van der Waals surface area contributed by atoms with Crippen molar-refractivity contribution in [3.63, 3.8) is 0 Å². The molecule has 0 bridgehead atoms. The number of aromatic nitrogens is 3. The molecule has 5 aromatic rings. The first-order valence-electron chi connectivity index (χ1n) is 10.0. The van der Waals surface area contributed by atoms with Crippen molar-refractivity contribution in [2.45, 2.75) is 17.7 Å². The maximum atomic E-state index is 13.9. The molecule has 0 saturated carbocycles. The molecule has 0 fully saturated rings. The molecule has 31 heavy (non-hydrogen) atoms. The maximum absolute atomic E-state index is 13.9. The lowest BCUT2D eigenvalue weighted by molar-refractivity contribution is 0.627. The molecule has 0 radical (unpaired) electrons. The Hall–Kier alpha value is -3.44. The van der Waals surface area contributed by atoms with E-state index in [-0.39, 0.29) is 5.82 Å². The second-order valence-electron chi connectivity index (χ2n) is 7.41. The summed E-state index contributed by atoms with van der Waals surface area (Å²) in [5.41, 5.74) is 6.11. The number of fused-ring (bicyclic) bond motifs is 1. The number of halogens is 1. The monoisotopic (exact) mass is 425 g/mol. The average molecular weight is 426 g/mol. The third-order valence-electron chi connectivity index (χ3n) is 5.22. The van der Waals surface area contributed by atoms with Gasteiger partial charge in [0.2, 0.25) is 0 Å². The van der Waals surface area contributed by atoms with Crippen LogP contribution in [0.5, 0.6) is 0 Å². The van der Waals surface area contributed by atoms with Gasteiger partial charge in [0.1, 0.15) is 22.8 Å². The normalized spacial score (nSPS) is 11.2. The highest BCUT2D eigenvalue weighted by Crippen LogP contribution is 2.37. The van der Waals surface area contributed by atoms with Crippen molar-refractivity contribution in [1.29, 1.82) is 0 Å². The lowest BCUT2D eigenvalue weighted by Crippen LogP contribution is -1.95. The summed E-state index contributed by atoms with van der Waals surface area (Å²) in [5, 5.41) is 1.90. The molecule has 5 heteroatoms. The van der Waals surface area contributed by atoms with Gasteiger partial charge in [0.15, 0.2) is 0 Å². The second kappa shape index (κ2) is 8.36. The zero-order chi connectivity index (χ0) is 21.2. The van der Waals surface area contributed by atoms with Gasteiger partial charge in [-0.05, 0) is 36.2 Å². The summed E-state index contributed by atoms with van der Waals surface area (Å²) in [4.78, 5) is 9.19. The van der Waals surface area contributed by atoms with Crippen molar-refractivity contribution in [3.8, 4) is 16.8 Å². The van der Waals surface area contributed by atoms with Gasteiger partial charge in [-0.2, -0.15) is 0 Å². The molecule has 0 saturated heterocycles. The Morgan fingerprint density at radius 3 is 2.48 bits per heavy atom. The van der Waals surface area contributed by atoms with Crippen molar-refractivity contribution in [2.75, 3.05) is 0 Å². The van der Waals surface area contributed by atoms with E-state index in [4.69, 9.17) is 0 Å². The quantitative estimate of drug-likeness (QED) is 0.228. The summed E-state index contributed by atoms with van der Waals surface area (Å²) < 4.78 is 15.9. The molecule has 0 aliphatic rings. The molecule has 0 atom stereocenters. The lowest BCUT2D eigenvalue weighted by atomic mass is 10.1. The predicted molar refractivity (Wildman–Crippen MR) is 125 cm³/mol. The minimum absolute atomic E-state index is 0.274. The Morgan fingerprint density at radius 1 is 0.903 bits per heavy atom. The van der Waals surface area contributed by atoms with Gasteiger partial charge >= 0.3 is 0 Å². The van der Waals surface area contributed by atoms with Crippen LogP contribution in [0.2, 0.25) is 0 Å². The number of hydrogen-bond acceptors (Lipinski definition) is 3. The Labute approximate surface area is 184 Å². The van der Waals surface area contributed by atoms with Crippen LogP contribution in [0, 0.1) is 12.7 Å². The van der Waals surface area contributed by atoms with E-state index in [2.05, 4.69) is 53.3 Å². The van der Waals surface area contributed by atoms with E-state index < -0.39 is 0 Å². The first-order chi connectivity index (χ1) is 15.2. The molecule has 152 valence electrons. The maximum Gasteiger partial charge on any atom is 0.149 e. The van der Waals surface area contributed by atoms with Crippen LogP contribution in [-0.2, 0) is 5.75 Å². The average Bonchev–Trinajstić information content (AvgIpc) is 3.20. The second-order valence-corrected chi connectivity index (χ2v) is 8.37. The van der Waals surface area contributed by atoms with Crippen LogP contribution >= 0.6 is 11.8 Å². The fourth-order valence-electron chi connectivity index (χ4n) is 3.64. The van der Waals surface area contributed by atoms with E-state index in [0.717, 1.165) is 38.6 Å². The molecule has 0 aliphatic carbocycles. The smallest absolute Gasteiger partial charge is 0.149 e. The Morgan fingerprint density at radius 2 is 1.71 bits per heavy atom. The molecule has 5 rings (SSSR count). The minimum Gasteiger partial charge on any atom is -0.300 e. The molecular weight excluding hydrogens is 405 g/mol. The number of rotatable bonds is 5. The van der Waals surface area contributed by atoms with Crippen LogP contribution in [0.3, 0.4) is 0 Å². The SMILES string of the molecule is Cc1ccc(CSc2ncnc3c2c(-c2ccccc2)cn3-c2cccc(F)c2)cc1. The van der Waals surface area contributed by atoms with Crippen molar-refractivity contribution in [2.24, 2.45) is 0 Å². The Bertz CT molecular complexity index is 1340. The van der Waals surface area contributed by atoms with Gasteiger partial charge in [0, 0.05) is 23.2 Å². The first-order valence-corrected chi connectivity index (χ1v) is 11.0. The van der Waals surface area contributed by atoms with E-state index >= 15 is 0 Å². The fourth-order valence-corrected chi connectivity index (χ4v) is 4.60. The van der Waals surface area contributed by atoms with Gasteiger partial charge in [-0.15, -0.1) is 11.8 Å². The van der Waals surface area contributed by atoms with Crippen molar-refractivity contribution >= 4 is 22.8 Å². The highest BCUT2D eigenvalue weighted by Gasteiger charge is 2.18. The molecular formula is C26H20FN3S. The summed E-state index contributed by atoms with van der Waals surface area (Å²) in [6, 6.07) is 25.3. The van der Waals surface area contributed by atoms with Crippen molar-refractivity contribution < 1.29 is 4.39 Å². The van der Waals surface area contributed by atoms with Crippen molar-refractivity contribution in [3.05, 3.63) is 108 Å². The lowest BCUT2D eigenvalue weighted by Gasteiger charge is -2.07. The van der Waals surface area contributed by atoms with E-state index in [1.807, 2.05) is 35.0 Å². The third-order valence-corrected chi connectivity index (χ3v) is 6.28. The molecule has 0 spiro atoms. The first kappa shape index (κ1) is 19.5. The van der Waals surface area contributed by atoms with Crippen LogP contribution < -0.4 is 0 Å². The van der Waals surface area contributed by atoms with Crippen LogP contribution in [0.25, 0.3) is 27.8 Å². The van der Waals surface area contributed by atoms with E-state index in [0.29, 0.717) is 0 Å². The molecule has 3 aromatic carbocycles. The van der Waals surface area contributed by atoms with Gasteiger partial charge in [0.25, 0.3) is 0 Å². The number of hydrogen-bond donors (Lipinski definition) is 0. The van der Waals surface area contributed by atoms with Gasteiger partial charge in [-0.1, -0.05) is 66.2 Å². The van der Waals surface area contributed by atoms with E-state index in [1.54, 1.807) is 24.2 Å². The fraction of sp³-hybridized carbons (Fsp3) is 0.0769. The number of benzene rings is 3. The van der Waals surface area contributed by atoms with Gasteiger partial charge in [0.05, 0.1) is 5.39 Å². The zero-order valence-corrected chi connectivity index (χ0v) is 17.8. The Balaban J connectivity index is 1.65. The van der Waals surface area contributed by atoms with Crippen LogP contribution in [-0.4, -0.2) is 14.5 Å². The van der Waals surface area contributed by atoms with E-state index in [1.165, 1.54) is 23.3 Å². The van der Waals surface area contributed by atoms with E-state index in [9.17, 15) is 4.39 Å². The highest BCUT2D eigenvalue weighted by molar-refractivity contribution is 7.98. The summed E-state index contributed by atoms with van der Waals surface area (Å²) in [6.07, 6.45) is 3.61. The van der Waals surface area contributed by atoms with Crippen LogP contribution in [0.4, 0.5) is 4.39 Å². The standard InChI is InChI=1S/C26H20FN3S/c1-18-10-12-19(13-11-18)16-31-26-24-23(20-6-3-2-4-7-20)15-30(25(24)28-17-29-26)22-9-5-8-21(27)14-22/h2-15,17H,16H2,1H3. The molecule has 0 aliphatic heterocycles. The number of thioether (sulfide) groups is 1. The predicted octanol–water partition coefficient (Wildman–Crippen LogP) is 6.83. The number of nitrogens with zero attached hydrogens (tertiary/aromatic N) is 3. The zero-order valence-electron chi connectivity index (χ0n) is 17.0. The molecule has 0 unspecified atom stereocenters. The van der Waals surface area contributed by atoms with Crippen LogP contribution in [0.1, 0.15) is 11.1 Å².